The first-order valence-corrected chi connectivity index (χ1v) is 4.96. The minimum atomic E-state index is -0.787. The molecule has 0 aliphatic carbocycles. The Balaban J connectivity index is 3.52. The summed E-state index contributed by atoms with van der Waals surface area (Å²) in [5.74, 6) is -1.04. The first kappa shape index (κ1) is 11.4. The highest BCUT2D eigenvalue weighted by molar-refractivity contribution is 9.09. The molecule has 0 heterocycles. The maximum absolute atomic E-state index is 11.3. The molecule has 0 saturated heterocycles. The number of carbonyl (C=O) groups is 1. The molecule has 1 aromatic rings. The van der Waals surface area contributed by atoms with Crippen molar-refractivity contribution < 1.29 is 14.8 Å². The number of anilines is 1. The second-order valence-electron chi connectivity index (χ2n) is 2.71. The van der Waals surface area contributed by atoms with E-state index >= 15 is 0 Å². The number of aromatic hydroxyl groups is 1. The van der Waals surface area contributed by atoms with Crippen LogP contribution in [0, 0.1) is 10.1 Å². The van der Waals surface area contributed by atoms with Gasteiger partial charge in [0, 0.05) is 0 Å². The molecular formula is C8H7BrN2O4. The zero-order chi connectivity index (χ0) is 11.6. The zero-order valence-electron chi connectivity index (χ0n) is 7.44. The number of rotatable bonds is 3. The van der Waals surface area contributed by atoms with Crippen molar-refractivity contribution in [1.82, 2.24) is 0 Å². The third kappa shape index (κ3) is 2.07. The van der Waals surface area contributed by atoms with Gasteiger partial charge in [-0.05, 0) is 12.1 Å². The molecule has 0 fully saturated rings. The number of carbonyl (C=O) groups excluding carboxylic acids is 1. The summed E-state index contributed by atoms with van der Waals surface area (Å²) >= 11 is 2.87. The number of benzene rings is 1. The number of phenols is 1. The molecule has 1 aromatic carbocycles. The lowest BCUT2D eigenvalue weighted by atomic mass is 10.1. The lowest BCUT2D eigenvalue weighted by Crippen LogP contribution is -2.07. The molecule has 0 aromatic heterocycles. The third-order valence-electron chi connectivity index (χ3n) is 1.77. The van der Waals surface area contributed by atoms with Crippen LogP contribution in [0.4, 0.5) is 11.4 Å². The number of nitro groups is 1. The van der Waals surface area contributed by atoms with Gasteiger partial charge in [0.05, 0.1) is 10.3 Å². The van der Waals surface area contributed by atoms with Crippen molar-refractivity contribution in [3.05, 3.63) is 27.8 Å². The average Bonchev–Trinajstić information content (AvgIpc) is 2.19. The van der Waals surface area contributed by atoms with Crippen molar-refractivity contribution in [2.75, 3.05) is 11.1 Å². The maximum atomic E-state index is 11.3. The van der Waals surface area contributed by atoms with Gasteiger partial charge in [0.2, 0.25) is 0 Å². The van der Waals surface area contributed by atoms with Gasteiger partial charge in [-0.3, -0.25) is 14.9 Å². The minimum absolute atomic E-state index is 0.120. The highest BCUT2D eigenvalue weighted by Gasteiger charge is 2.26. The molecule has 0 unspecified atom stereocenters. The van der Waals surface area contributed by atoms with Gasteiger partial charge in [0.15, 0.2) is 5.78 Å². The molecule has 6 nitrogen and oxygen atoms in total. The summed E-state index contributed by atoms with van der Waals surface area (Å²) in [6, 6.07) is 2.33. The Morgan fingerprint density at radius 1 is 1.60 bits per heavy atom. The van der Waals surface area contributed by atoms with Crippen molar-refractivity contribution >= 4 is 33.1 Å². The van der Waals surface area contributed by atoms with Crippen LogP contribution < -0.4 is 5.73 Å². The summed E-state index contributed by atoms with van der Waals surface area (Å²) < 4.78 is 0. The Kier molecular flexibility index (Phi) is 3.25. The van der Waals surface area contributed by atoms with Crippen molar-refractivity contribution in [3.63, 3.8) is 0 Å². The highest BCUT2D eigenvalue weighted by atomic mass is 79.9. The molecule has 0 saturated carbocycles. The fourth-order valence-electron chi connectivity index (χ4n) is 1.14. The molecule has 7 heteroatoms. The molecule has 0 aliphatic rings. The minimum Gasteiger partial charge on any atom is -0.507 e. The number of hydrogen-bond donors (Lipinski definition) is 2. The normalized spacial score (nSPS) is 9.93. The van der Waals surface area contributed by atoms with Gasteiger partial charge in [-0.1, -0.05) is 15.9 Å². The van der Waals surface area contributed by atoms with Gasteiger partial charge in [0.1, 0.15) is 17.0 Å². The highest BCUT2D eigenvalue weighted by Crippen LogP contribution is 2.33. The number of alkyl halides is 1. The summed E-state index contributed by atoms with van der Waals surface area (Å²) in [5.41, 5.74) is 4.29. The van der Waals surface area contributed by atoms with Crippen molar-refractivity contribution in [2.45, 2.75) is 0 Å². The number of nitrogens with zero attached hydrogens (tertiary/aromatic N) is 1. The number of Topliss-reactive ketones (excluding diaryl/α,β-unsaturated/α-hetero) is 1. The molecule has 0 atom stereocenters. The van der Waals surface area contributed by atoms with Crippen LogP contribution >= 0.6 is 15.9 Å². The molecule has 1 rings (SSSR count). The topological polar surface area (TPSA) is 106 Å². The van der Waals surface area contributed by atoms with Crippen LogP contribution in [0.3, 0.4) is 0 Å². The van der Waals surface area contributed by atoms with Crippen LogP contribution in [-0.2, 0) is 0 Å². The van der Waals surface area contributed by atoms with E-state index < -0.39 is 22.1 Å². The summed E-state index contributed by atoms with van der Waals surface area (Å²) in [6.45, 7) is 0. The molecule has 0 spiro atoms. The van der Waals surface area contributed by atoms with E-state index in [1.54, 1.807) is 0 Å². The quantitative estimate of drug-likeness (QED) is 0.217. The largest absolute Gasteiger partial charge is 0.507 e. The molecule has 80 valence electrons. The van der Waals surface area contributed by atoms with Crippen LogP contribution in [0.5, 0.6) is 5.75 Å². The summed E-state index contributed by atoms with van der Waals surface area (Å²) in [4.78, 5) is 21.2. The van der Waals surface area contributed by atoms with Crippen LogP contribution in [0.1, 0.15) is 10.4 Å². The number of ketones is 1. The van der Waals surface area contributed by atoms with Crippen LogP contribution in [0.2, 0.25) is 0 Å². The fraction of sp³-hybridized carbons (Fsp3) is 0.125. The Hall–Kier alpha value is -1.63. The molecule has 15 heavy (non-hydrogen) atoms. The van der Waals surface area contributed by atoms with Gasteiger partial charge < -0.3 is 10.8 Å². The number of nitro benzene ring substituents is 1. The first-order chi connectivity index (χ1) is 6.99. The molecule has 0 bridgehead atoms. The van der Waals surface area contributed by atoms with E-state index in [1.807, 2.05) is 0 Å². The third-order valence-corrected chi connectivity index (χ3v) is 2.28. The second-order valence-corrected chi connectivity index (χ2v) is 3.27. The van der Waals surface area contributed by atoms with Crippen molar-refractivity contribution in [2.24, 2.45) is 0 Å². The Morgan fingerprint density at radius 2 is 2.20 bits per heavy atom. The summed E-state index contributed by atoms with van der Waals surface area (Å²) in [6.07, 6.45) is 0. The van der Waals surface area contributed by atoms with E-state index in [1.165, 1.54) is 6.07 Å². The molecule has 0 amide bonds. The smallest absolute Gasteiger partial charge is 0.306 e. The van der Waals surface area contributed by atoms with E-state index in [9.17, 15) is 20.0 Å². The molecule has 0 radical (unpaired) electrons. The van der Waals surface area contributed by atoms with Gasteiger partial charge in [-0.25, -0.2) is 0 Å². The standard InChI is InChI=1S/C8H7BrN2O4/c9-3-6(13)7-5(12)2-1-4(10)8(7)11(14)15/h1-2,12H,3,10H2. The van der Waals surface area contributed by atoms with Gasteiger partial charge in [-0.2, -0.15) is 0 Å². The number of halogens is 1. The average molecular weight is 275 g/mol. The van der Waals surface area contributed by atoms with Crippen molar-refractivity contribution in [3.8, 4) is 5.75 Å². The Bertz CT molecular complexity index is 433. The maximum Gasteiger partial charge on any atom is 0.306 e. The number of nitrogens with two attached hydrogens (primary N) is 1. The first-order valence-electron chi connectivity index (χ1n) is 3.84. The van der Waals surface area contributed by atoms with E-state index in [4.69, 9.17) is 5.73 Å². The van der Waals surface area contributed by atoms with E-state index in [0.29, 0.717) is 0 Å². The van der Waals surface area contributed by atoms with Crippen molar-refractivity contribution in [1.29, 1.82) is 0 Å². The Labute approximate surface area is 93.0 Å². The predicted molar refractivity (Wildman–Crippen MR) is 57.3 cm³/mol. The number of nitrogen functional groups attached to an aromatic ring is 1. The van der Waals surface area contributed by atoms with Crippen LogP contribution in [0.25, 0.3) is 0 Å². The van der Waals surface area contributed by atoms with Gasteiger partial charge in [0.25, 0.3) is 0 Å². The summed E-state index contributed by atoms with van der Waals surface area (Å²) in [7, 11) is 0. The van der Waals surface area contributed by atoms with E-state index in [-0.39, 0.29) is 16.6 Å². The summed E-state index contributed by atoms with van der Waals surface area (Å²) in [5, 5.41) is 19.9. The SMILES string of the molecule is Nc1ccc(O)c(C(=O)CBr)c1[N+](=O)[O-]. The predicted octanol–water partition coefficient (Wildman–Crippen LogP) is 1.46. The molecule has 0 aliphatic heterocycles. The monoisotopic (exact) mass is 274 g/mol. The Morgan fingerprint density at radius 3 is 2.67 bits per heavy atom. The van der Waals surface area contributed by atoms with Crippen LogP contribution in [-0.4, -0.2) is 21.1 Å². The van der Waals surface area contributed by atoms with Crippen LogP contribution in [0.15, 0.2) is 12.1 Å². The zero-order valence-corrected chi connectivity index (χ0v) is 9.02. The lowest BCUT2D eigenvalue weighted by molar-refractivity contribution is -0.384. The number of hydrogen-bond acceptors (Lipinski definition) is 5. The van der Waals surface area contributed by atoms with Gasteiger partial charge in [-0.15, -0.1) is 0 Å². The molecule has 3 N–H and O–H groups in total. The van der Waals surface area contributed by atoms with Gasteiger partial charge >= 0.3 is 5.69 Å². The lowest BCUT2D eigenvalue weighted by Gasteiger charge is -2.04. The number of phenolic OH excluding ortho intramolecular Hbond substituents is 1. The van der Waals surface area contributed by atoms with E-state index in [2.05, 4.69) is 15.9 Å². The van der Waals surface area contributed by atoms with E-state index in [0.717, 1.165) is 6.07 Å². The second kappa shape index (κ2) is 4.26. The molecular weight excluding hydrogens is 268 g/mol. The fourth-order valence-corrected chi connectivity index (χ4v) is 1.42.